The second kappa shape index (κ2) is 8.49. The number of amides is 1. The zero-order chi connectivity index (χ0) is 15.1. The lowest BCUT2D eigenvalue weighted by molar-refractivity contribution is -0.149. The number of rotatable bonds is 8. The third kappa shape index (κ3) is 4.64. The number of nitrogens with zero attached hydrogens (tertiary/aromatic N) is 1. The van der Waals surface area contributed by atoms with Gasteiger partial charge in [0.1, 0.15) is 6.04 Å². The van der Waals surface area contributed by atoms with Crippen LogP contribution in [-0.2, 0) is 19.1 Å². The van der Waals surface area contributed by atoms with Crippen LogP contribution >= 0.6 is 12.6 Å². The smallest absolute Gasteiger partial charge is 0.326 e. The lowest BCUT2D eigenvalue weighted by atomic mass is 10.1. The molecule has 1 rings (SSSR count). The third-order valence-electron chi connectivity index (χ3n) is 3.31. The number of thiol groups is 1. The Morgan fingerprint density at radius 2 is 2.15 bits per heavy atom. The van der Waals surface area contributed by atoms with Gasteiger partial charge in [-0.1, -0.05) is 6.92 Å². The van der Waals surface area contributed by atoms with E-state index in [0.29, 0.717) is 38.5 Å². The summed E-state index contributed by atoms with van der Waals surface area (Å²) in [5, 5.41) is 9.22. The number of carbonyl (C=O) groups is 2. The van der Waals surface area contributed by atoms with E-state index in [2.05, 4.69) is 12.6 Å². The fourth-order valence-electron chi connectivity index (χ4n) is 2.18. The van der Waals surface area contributed by atoms with Crippen LogP contribution in [0.15, 0.2) is 0 Å². The van der Waals surface area contributed by atoms with E-state index in [9.17, 15) is 14.7 Å². The molecule has 1 amide bonds. The van der Waals surface area contributed by atoms with Gasteiger partial charge in [0.25, 0.3) is 0 Å². The van der Waals surface area contributed by atoms with Crippen LogP contribution in [-0.4, -0.2) is 66.1 Å². The highest BCUT2D eigenvalue weighted by molar-refractivity contribution is 7.80. The van der Waals surface area contributed by atoms with Crippen molar-refractivity contribution in [2.24, 2.45) is 5.92 Å². The number of hydrogen-bond acceptors (Lipinski definition) is 5. The summed E-state index contributed by atoms with van der Waals surface area (Å²) in [5.74, 6) is -1.05. The molecular formula is C13H23NO5S. The molecule has 0 aromatic carbocycles. The van der Waals surface area contributed by atoms with Crippen molar-refractivity contribution < 1.29 is 24.2 Å². The Bertz CT molecular complexity index is 339. The summed E-state index contributed by atoms with van der Waals surface area (Å²) in [6.45, 7) is 5.48. The van der Waals surface area contributed by atoms with Gasteiger partial charge in [-0.05, 0) is 6.92 Å². The van der Waals surface area contributed by atoms with Crippen molar-refractivity contribution in [1.82, 2.24) is 4.90 Å². The third-order valence-corrected chi connectivity index (χ3v) is 3.86. The Hall–Kier alpha value is -0.790. The summed E-state index contributed by atoms with van der Waals surface area (Å²) >= 11 is 4.09. The van der Waals surface area contributed by atoms with E-state index in [1.807, 2.05) is 6.92 Å². The van der Waals surface area contributed by atoms with Gasteiger partial charge in [0.2, 0.25) is 5.91 Å². The summed E-state index contributed by atoms with van der Waals surface area (Å²) in [4.78, 5) is 24.8. The molecule has 1 unspecified atom stereocenters. The predicted octanol–water partition coefficient (Wildman–Crippen LogP) is 0.659. The van der Waals surface area contributed by atoms with Crippen LogP contribution in [0.3, 0.4) is 0 Å². The molecule has 1 N–H and O–H groups in total. The molecule has 0 saturated carbocycles. The zero-order valence-corrected chi connectivity index (χ0v) is 12.8. The Morgan fingerprint density at radius 1 is 1.45 bits per heavy atom. The molecule has 1 saturated heterocycles. The van der Waals surface area contributed by atoms with Gasteiger partial charge in [-0.3, -0.25) is 4.79 Å². The monoisotopic (exact) mass is 305 g/mol. The summed E-state index contributed by atoms with van der Waals surface area (Å²) < 4.78 is 10.7. The molecule has 0 radical (unpaired) electrons. The normalized spacial score (nSPS) is 23.9. The van der Waals surface area contributed by atoms with E-state index in [1.165, 1.54) is 4.90 Å². The number of aliphatic carboxylic acids is 1. The summed E-state index contributed by atoms with van der Waals surface area (Å²) in [7, 11) is 0. The van der Waals surface area contributed by atoms with E-state index in [-0.39, 0.29) is 17.9 Å². The number of carboxylic acid groups (broad SMARTS) is 1. The molecule has 0 aliphatic carbocycles. The molecule has 20 heavy (non-hydrogen) atoms. The molecule has 7 heteroatoms. The Morgan fingerprint density at radius 3 is 2.70 bits per heavy atom. The van der Waals surface area contributed by atoms with E-state index in [4.69, 9.17) is 9.47 Å². The number of likely N-dealkylation sites (tertiary alicyclic amines) is 1. The van der Waals surface area contributed by atoms with Crippen LogP contribution < -0.4 is 0 Å². The molecular weight excluding hydrogens is 282 g/mol. The van der Waals surface area contributed by atoms with Gasteiger partial charge in [-0.25, -0.2) is 4.79 Å². The maximum absolute atomic E-state index is 12.1. The largest absolute Gasteiger partial charge is 0.480 e. The van der Waals surface area contributed by atoms with Crippen molar-refractivity contribution in [1.29, 1.82) is 0 Å². The fraction of sp³-hybridized carbons (Fsp3) is 0.846. The molecule has 1 aliphatic heterocycles. The van der Waals surface area contributed by atoms with Gasteiger partial charge in [-0.2, -0.15) is 12.6 Å². The SMILES string of the molecule is CCOCCO[C@@H]1C[C@@H](C(=O)O)N(C(=O)C(C)CS)C1. The first kappa shape index (κ1) is 17.3. The maximum Gasteiger partial charge on any atom is 0.326 e. The first-order valence-corrected chi connectivity index (χ1v) is 7.48. The second-order valence-electron chi connectivity index (χ2n) is 4.85. The second-order valence-corrected chi connectivity index (χ2v) is 5.22. The van der Waals surface area contributed by atoms with Crippen molar-refractivity contribution >= 4 is 24.5 Å². The molecule has 1 fully saturated rings. The molecule has 1 aliphatic rings. The van der Waals surface area contributed by atoms with Crippen LogP contribution in [0.25, 0.3) is 0 Å². The molecule has 0 aromatic rings. The number of hydrogen-bond donors (Lipinski definition) is 2. The van der Waals surface area contributed by atoms with Gasteiger partial charge < -0.3 is 19.5 Å². The van der Waals surface area contributed by atoms with Gasteiger partial charge in [0, 0.05) is 31.2 Å². The van der Waals surface area contributed by atoms with Gasteiger partial charge >= 0.3 is 5.97 Å². The highest BCUT2D eigenvalue weighted by Crippen LogP contribution is 2.23. The summed E-state index contributed by atoms with van der Waals surface area (Å²) in [6, 6.07) is -0.804. The number of ether oxygens (including phenoxy) is 2. The molecule has 1 heterocycles. The average molecular weight is 305 g/mol. The van der Waals surface area contributed by atoms with Gasteiger partial charge in [0.05, 0.1) is 19.3 Å². The van der Waals surface area contributed by atoms with Gasteiger partial charge in [-0.15, -0.1) is 0 Å². The van der Waals surface area contributed by atoms with E-state index >= 15 is 0 Å². The standard InChI is InChI=1S/C13H23NO5S/c1-3-18-4-5-19-10-6-11(13(16)17)14(7-10)12(15)9(2)8-20/h9-11,20H,3-8H2,1-2H3,(H,16,17)/t9?,10-,11+/m1/s1. The highest BCUT2D eigenvalue weighted by Gasteiger charge is 2.41. The Labute approximate surface area is 124 Å². The van der Waals surface area contributed by atoms with E-state index in [0.717, 1.165) is 0 Å². The minimum absolute atomic E-state index is 0.177. The topological polar surface area (TPSA) is 76.1 Å². The van der Waals surface area contributed by atoms with Crippen LogP contribution in [0, 0.1) is 5.92 Å². The fourth-order valence-corrected chi connectivity index (χ4v) is 2.33. The Balaban J connectivity index is 2.56. The maximum atomic E-state index is 12.1. The average Bonchev–Trinajstić information content (AvgIpc) is 2.86. The lowest BCUT2D eigenvalue weighted by Gasteiger charge is -2.24. The Kier molecular flexibility index (Phi) is 7.32. The molecule has 0 aromatic heterocycles. The summed E-state index contributed by atoms with van der Waals surface area (Å²) in [6.07, 6.45) is 0.0829. The van der Waals surface area contributed by atoms with Crippen molar-refractivity contribution in [3.63, 3.8) is 0 Å². The summed E-state index contributed by atoms with van der Waals surface area (Å²) in [5.41, 5.74) is 0. The van der Waals surface area contributed by atoms with Crippen molar-refractivity contribution in [2.75, 3.05) is 32.1 Å². The minimum Gasteiger partial charge on any atom is -0.480 e. The van der Waals surface area contributed by atoms with Crippen molar-refractivity contribution in [2.45, 2.75) is 32.4 Å². The first-order chi connectivity index (χ1) is 9.51. The minimum atomic E-state index is -0.986. The molecule has 0 bridgehead atoms. The van der Waals surface area contributed by atoms with Crippen molar-refractivity contribution in [3.05, 3.63) is 0 Å². The molecule has 116 valence electrons. The van der Waals surface area contributed by atoms with Crippen LogP contribution in [0.2, 0.25) is 0 Å². The van der Waals surface area contributed by atoms with E-state index in [1.54, 1.807) is 6.92 Å². The zero-order valence-electron chi connectivity index (χ0n) is 11.9. The molecule has 6 nitrogen and oxygen atoms in total. The molecule has 0 spiro atoms. The predicted molar refractivity (Wildman–Crippen MR) is 77.0 cm³/mol. The van der Waals surface area contributed by atoms with Crippen LogP contribution in [0.4, 0.5) is 0 Å². The molecule has 3 atom stereocenters. The number of carboxylic acids is 1. The van der Waals surface area contributed by atoms with Crippen LogP contribution in [0.1, 0.15) is 20.3 Å². The first-order valence-electron chi connectivity index (χ1n) is 6.84. The number of carbonyl (C=O) groups excluding carboxylic acids is 1. The highest BCUT2D eigenvalue weighted by atomic mass is 32.1. The van der Waals surface area contributed by atoms with E-state index < -0.39 is 12.0 Å². The quantitative estimate of drug-likeness (QED) is 0.509. The van der Waals surface area contributed by atoms with Crippen LogP contribution in [0.5, 0.6) is 0 Å². The lowest BCUT2D eigenvalue weighted by Crippen LogP contribution is -2.43. The van der Waals surface area contributed by atoms with Gasteiger partial charge in [0.15, 0.2) is 0 Å². The van der Waals surface area contributed by atoms with Crippen molar-refractivity contribution in [3.8, 4) is 0 Å².